The molecule has 0 spiro atoms. The van der Waals surface area contributed by atoms with Gasteiger partial charge in [0, 0.05) is 18.3 Å². The van der Waals surface area contributed by atoms with Gasteiger partial charge >= 0.3 is 0 Å². The van der Waals surface area contributed by atoms with E-state index in [2.05, 4.69) is 12.0 Å². The van der Waals surface area contributed by atoms with E-state index >= 15 is 0 Å². The Morgan fingerprint density at radius 3 is 2.59 bits per heavy atom. The molecule has 0 saturated carbocycles. The van der Waals surface area contributed by atoms with Gasteiger partial charge in [0.2, 0.25) is 0 Å². The molecule has 1 aromatic carbocycles. The van der Waals surface area contributed by atoms with Crippen molar-refractivity contribution in [2.75, 3.05) is 0 Å². The summed E-state index contributed by atoms with van der Waals surface area (Å²) in [5, 5.41) is 14.4. The third kappa shape index (κ3) is 2.74. The Bertz CT molecular complexity index is 473. The summed E-state index contributed by atoms with van der Waals surface area (Å²) < 4.78 is 1.87. The lowest BCUT2D eigenvalue weighted by Crippen LogP contribution is -1.99. The van der Waals surface area contributed by atoms with Crippen molar-refractivity contribution < 1.29 is 5.11 Å². The number of aliphatic hydroxyl groups excluding tert-OH is 1. The summed E-state index contributed by atoms with van der Waals surface area (Å²) in [5.41, 5.74) is 2.96. The fraction of sp³-hybridized carbons (Fsp3) is 0.357. The van der Waals surface area contributed by atoms with Gasteiger partial charge in [-0.1, -0.05) is 36.8 Å². The number of hydrogen-bond acceptors (Lipinski definition) is 2. The first-order valence-corrected chi connectivity index (χ1v) is 5.97. The number of aryl methyl sites for hydroxylation is 2. The predicted molar refractivity (Wildman–Crippen MR) is 67.8 cm³/mol. The van der Waals surface area contributed by atoms with Crippen molar-refractivity contribution >= 4 is 0 Å². The highest BCUT2D eigenvalue weighted by molar-refractivity contribution is 5.29. The van der Waals surface area contributed by atoms with Crippen LogP contribution in [-0.4, -0.2) is 14.9 Å². The Balaban J connectivity index is 2.18. The zero-order chi connectivity index (χ0) is 12.3. The van der Waals surface area contributed by atoms with E-state index in [4.69, 9.17) is 0 Å². The number of aliphatic hydroxyl groups is 1. The molecule has 0 aliphatic heterocycles. The van der Waals surface area contributed by atoms with Crippen LogP contribution in [0.4, 0.5) is 0 Å². The van der Waals surface area contributed by atoms with Crippen molar-refractivity contribution in [1.29, 1.82) is 0 Å². The van der Waals surface area contributed by atoms with Gasteiger partial charge in [-0.2, -0.15) is 5.10 Å². The summed E-state index contributed by atoms with van der Waals surface area (Å²) >= 11 is 0. The van der Waals surface area contributed by atoms with Crippen LogP contribution in [0, 0.1) is 6.92 Å². The summed E-state index contributed by atoms with van der Waals surface area (Å²) in [5.74, 6) is 0. The molecule has 0 fully saturated rings. The summed E-state index contributed by atoms with van der Waals surface area (Å²) in [6, 6.07) is 7.93. The van der Waals surface area contributed by atoms with Crippen LogP contribution in [0.1, 0.15) is 36.1 Å². The zero-order valence-corrected chi connectivity index (χ0v) is 10.3. The van der Waals surface area contributed by atoms with Crippen LogP contribution in [0.3, 0.4) is 0 Å². The first-order chi connectivity index (χ1) is 8.20. The largest absolute Gasteiger partial charge is 0.384 e. The molecule has 0 saturated heterocycles. The van der Waals surface area contributed by atoms with E-state index in [1.54, 1.807) is 6.20 Å². The number of nitrogens with zero attached hydrogens (tertiary/aromatic N) is 2. The molecule has 1 heterocycles. The van der Waals surface area contributed by atoms with E-state index in [0.717, 1.165) is 24.1 Å². The highest BCUT2D eigenvalue weighted by atomic mass is 16.3. The Hall–Kier alpha value is -1.61. The lowest BCUT2D eigenvalue weighted by Gasteiger charge is -2.08. The van der Waals surface area contributed by atoms with Crippen molar-refractivity contribution in [3.63, 3.8) is 0 Å². The average Bonchev–Trinajstić information content (AvgIpc) is 2.78. The maximum Gasteiger partial charge on any atom is 0.107 e. The van der Waals surface area contributed by atoms with E-state index in [1.165, 1.54) is 5.56 Å². The van der Waals surface area contributed by atoms with Crippen molar-refractivity contribution in [2.45, 2.75) is 32.9 Å². The third-order valence-corrected chi connectivity index (χ3v) is 2.81. The molecular weight excluding hydrogens is 212 g/mol. The number of rotatable bonds is 4. The third-order valence-electron chi connectivity index (χ3n) is 2.81. The van der Waals surface area contributed by atoms with Gasteiger partial charge in [-0.05, 0) is 18.9 Å². The van der Waals surface area contributed by atoms with Gasteiger partial charge < -0.3 is 5.11 Å². The summed E-state index contributed by atoms with van der Waals surface area (Å²) in [7, 11) is 0. The molecule has 1 unspecified atom stereocenters. The van der Waals surface area contributed by atoms with Crippen LogP contribution < -0.4 is 0 Å². The van der Waals surface area contributed by atoms with Crippen LogP contribution >= 0.6 is 0 Å². The number of hydrogen-bond donors (Lipinski definition) is 1. The highest BCUT2D eigenvalue weighted by Crippen LogP contribution is 2.21. The molecule has 0 bridgehead atoms. The number of aromatic nitrogens is 2. The van der Waals surface area contributed by atoms with Crippen molar-refractivity contribution in [2.24, 2.45) is 0 Å². The van der Waals surface area contributed by atoms with E-state index in [0.29, 0.717) is 0 Å². The Morgan fingerprint density at radius 2 is 1.94 bits per heavy atom. The maximum atomic E-state index is 10.2. The number of benzene rings is 1. The van der Waals surface area contributed by atoms with Gasteiger partial charge in [-0.3, -0.25) is 4.68 Å². The fourth-order valence-electron chi connectivity index (χ4n) is 1.81. The van der Waals surface area contributed by atoms with Crippen LogP contribution in [0.5, 0.6) is 0 Å². The molecular formula is C14H18N2O. The van der Waals surface area contributed by atoms with E-state index < -0.39 is 6.10 Å². The molecule has 1 atom stereocenters. The minimum atomic E-state index is -0.582. The molecule has 0 radical (unpaired) electrons. The molecule has 0 amide bonds. The van der Waals surface area contributed by atoms with Crippen LogP contribution in [-0.2, 0) is 6.54 Å². The van der Waals surface area contributed by atoms with Crippen LogP contribution in [0.2, 0.25) is 0 Å². The summed E-state index contributed by atoms with van der Waals surface area (Å²) in [6.07, 6.45) is 4.11. The molecule has 90 valence electrons. The molecule has 3 heteroatoms. The second kappa shape index (κ2) is 5.15. The van der Waals surface area contributed by atoms with Gasteiger partial charge in [0.1, 0.15) is 6.10 Å². The Kier molecular flexibility index (Phi) is 3.59. The predicted octanol–water partition coefficient (Wildman–Crippen LogP) is 2.68. The van der Waals surface area contributed by atoms with Gasteiger partial charge in [0.05, 0.1) is 6.20 Å². The van der Waals surface area contributed by atoms with Crippen LogP contribution in [0.15, 0.2) is 36.7 Å². The Labute approximate surface area is 102 Å². The van der Waals surface area contributed by atoms with E-state index in [-0.39, 0.29) is 0 Å². The normalized spacial score (nSPS) is 12.6. The zero-order valence-electron chi connectivity index (χ0n) is 10.3. The molecule has 2 aromatic rings. The Morgan fingerprint density at radius 1 is 1.24 bits per heavy atom. The minimum absolute atomic E-state index is 0.582. The van der Waals surface area contributed by atoms with Gasteiger partial charge in [0.25, 0.3) is 0 Å². The van der Waals surface area contributed by atoms with Crippen molar-refractivity contribution in [1.82, 2.24) is 9.78 Å². The molecule has 3 nitrogen and oxygen atoms in total. The quantitative estimate of drug-likeness (QED) is 0.877. The second-order valence-corrected chi connectivity index (χ2v) is 4.35. The van der Waals surface area contributed by atoms with Crippen molar-refractivity contribution in [3.8, 4) is 0 Å². The highest BCUT2D eigenvalue weighted by Gasteiger charge is 2.12. The first-order valence-electron chi connectivity index (χ1n) is 5.97. The maximum absolute atomic E-state index is 10.2. The SMILES string of the molecule is CCCn1cc(C(O)c2ccc(C)cc2)cn1. The van der Waals surface area contributed by atoms with Gasteiger partial charge in [-0.25, -0.2) is 0 Å². The fourth-order valence-corrected chi connectivity index (χ4v) is 1.81. The lowest BCUT2D eigenvalue weighted by molar-refractivity contribution is 0.220. The molecule has 2 rings (SSSR count). The van der Waals surface area contributed by atoms with E-state index in [1.807, 2.05) is 42.1 Å². The lowest BCUT2D eigenvalue weighted by atomic mass is 10.0. The summed E-state index contributed by atoms with van der Waals surface area (Å²) in [4.78, 5) is 0. The average molecular weight is 230 g/mol. The molecule has 1 aromatic heterocycles. The molecule has 17 heavy (non-hydrogen) atoms. The summed E-state index contributed by atoms with van der Waals surface area (Å²) in [6.45, 7) is 5.04. The van der Waals surface area contributed by atoms with Gasteiger partial charge in [0.15, 0.2) is 0 Å². The topological polar surface area (TPSA) is 38.0 Å². The standard InChI is InChI=1S/C14H18N2O/c1-3-8-16-10-13(9-15-16)14(17)12-6-4-11(2)5-7-12/h4-7,9-10,14,17H,3,8H2,1-2H3. The molecule has 0 aliphatic carbocycles. The molecule has 0 aliphatic rings. The molecule has 1 N–H and O–H groups in total. The minimum Gasteiger partial charge on any atom is -0.384 e. The smallest absolute Gasteiger partial charge is 0.107 e. The first kappa shape index (κ1) is 11.9. The van der Waals surface area contributed by atoms with E-state index in [9.17, 15) is 5.11 Å². The van der Waals surface area contributed by atoms with Crippen molar-refractivity contribution in [3.05, 3.63) is 53.3 Å². The monoisotopic (exact) mass is 230 g/mol. The second-order valence-electron chi connectivity index (χ2n) is 4.35. The van der Waals surface area contributed by atoms with Gasteiger partial charge in [-0.15, -0.1) is 0 Å². The van der Waals surface area contributed by atoms with Crippen LogP contribution in [0.25, 0.3) is 0 Å².